The van der Waals surface area contributed by atoms with Gasteiger partial charge in [0.1, 0.15) is 6.54 Å². The molecule has 3 aromatic heterocycles. The summed E-state index contributed by atoms with van der Waals surface area (Å²) < 4.78 is 8.52. The summed E-state index contributed by atoms with van der Waals surface area (Å²) in [4.78, 5) is 37.2. The fourth-order valence-corrected chi connectivity index (χ4v) is 4.31. The van der Waals surface area contributed by atoms with Crippen molar-refractivity contribution in [3.63, 3.8) is 0 Å². The number of hydrogen-bond donors (Lipinski definition) is 0. The van der Waals surface area contributed by atoms with Crippen molar-refractivity contribution in [1.29, 1.82) is 0 Å². The highest BCUT2D eigenvalue weighted by atomic mass is 32.1. The minimum absolute atomic E-state index is 0.182. The standard InChI is InChI=1S/C19H20N2O4S2/c1-12-7-16(14(3)20(12)8-15-5-4-6-26-15)17(22)10-25-18(23)9-21-13(2)11-27-19(21)24/h4-7,11H,8-10H2,1-3H3. The van der Waals surface area contributed by atoms with E-state index in [0.29, 0.717) is 17.8 Å². The van der Waals surface area contributed by atoms with Crippen molar-refractivity contribution in [3.05, 3.63) is 66.1 Å². The lowest BCUT2D eigenvalue weighted by Crippen LogP contribution is -2.24. The van der Waals surface area contributed by atoms with Crippen LogP contribution < -0.4 is 4.87 Å². The van der Waals surface area contributed by atoms with E-state index in [2.05, 4.69) is 10.6 Å². The average molecular weight is 405 g/mol. The first kappa shape index (κ1) is 19.3. The van der Waals surface area contributed by atoms with Gasteiger partial charge in [0.05, 0.1) is 6.54 Å². The van der Waals surface area contributed by atoms with E-state index in [1.54, 1.807) is 23.6 Å². The molecule has 0 spiro atoms. The Labute approximate surface area is 164 Å². The normalized spacial score (nSPS) is 10.9. The molecule has 0 unspecified atom stereocenters. The molecule has 3 rings (SSSR count). The maximum absolute atomic E-state index is 12.5. The van der Waals surface area contributed by atoms with Gasteiger partial charge in [0, 0.05) is 32.9 Å². The second kappa shape index (κ2) is 8.06. The summed E-state index contributed by atoms with van der Waals surface area (Å²) in [7, 11) is 0. The summed E-state index contributed by atoms with van der Waals surface area (Å²) in [6, 6.07) is 5.88. The van der Waals surface area contributed by atoms with Crippen LogP contribution in [0.4, 0.5) is 0 Å². The first-order valence-electron chi connectivity index (χ1n) is 8.39. The molecule has 0 aliphatic carbocycles. The number of ketones is 1. The van der Waals surface area contributed by atoms with Gasteiger partial charge < -0.3 is 9.30 Å². The van der Waals surface area contributed by atoms with Crippen molar-refractivity contribution >= 4 is 34.4 Å². The average Bonchev–Trinajstić information content (AvgIpc) is 3.33. The molecular formula is C19H20N2O4S2. The van der Waals surface area contributed by atoms with E-state index in [0.717, 1.165) is 22.7 Å². The number of aromatic nitrogens is 2. The fraction of sp³-hybridized carbons (Fsp3) is 0.316. The second-order valence-corrected chi connectivity index (χ2v) is 8.12. The number of carbonyl (C=O) groups is 2. The van der Waals surface area contributed by atoms with Crippen LogP contribution in [-0.2, 0) is 22.6 Å². The topological polar surface area (TPSA) is 70.3 Å². The molecule has 0 fully saturated rings. The first-order chi connectivity index (χ1) is 12.9. The van der Waals surface area contributed by atoms with Gasteiger partial charge in [-0.05, 0) is 38.3 Å². The Morgan fingerprint density at radius 1 is 1.11 bits per heavy atom. The molecule has 0 saturated heterocycles. The SMILES string of the molecule is Cc1cc(C(=O)COC(=O)Cn2c(C)csc2=O)c(C)n1Cc1cccs1. The molecule has 27 heavy (non-hydrogen) atoms. The highest BCUT2D eigenvalue weighted by molar-refractivity contribution is 7.09. The monoisotopic (exact) mass is 404 g/mol. The molecule has 0 radical (unpaired) electrons. The second-order valence-electron chi connectivity index (χ2n) is 6.26. The lowest BCUT2D eigenvalue weighted by molar-refractivity contribution is -0.143. The zero-order valence-corrected chi connectivity index (χ0v) is 17.0. The maximum Gasteiger partial charge on any atom is 0.326 e. The van der Waals surface area contributed by atoms with Crippen LogP contribution in [0.25, 0.3) is 0 Å². The summed E-state index contributed by atoms with van der Waals surface area (Å²) >= 11 is 2.70. The smallest absolute Gasteiger partial charge is 0.326 e. The highest BCUT2D eigenvalue weighted by Gasteiger charge is 2.18. The zero-order chi connectivity index (χ0) is 19.6. The summed E-state index contributed by atoms with van der Waals surface area (Å²) in [6.07, 6.45) is 0. The van der Waals surface area contributed by atoms with Crippen LogP contribution in [0.15, 0.2) is 33.8 Å². The molecule has 142 valence electrons. The molecular weight excluding hydrogens is 384 g/mol. The van der Waals surface area contributed by atoms with Gasteiger partial charge in [-0.2, -0.15) is 0 Å². The Balaban J connectivity index is 1.64. The Bertz CT molecular complexity index is 1020. The molecule has 6 nitrogen and oxygen atoms in total. The number of rotatable bonds is 7. The van der Waals surface area contributed by atoms with E-state index >= 15 is 0 Å². The van der Waals surface area contributed by atoms with Crippen LogP contribution in [0.3, 0.4) is 0 Å². The van der Waals surface area contributed by atoms with E-state index < -0.39 is 5.97 Å². The van der Waals surface area contributed by atoms with E-state index in [-0.39, 0.29) is 23.8 Å². The van der Waals surface area contributed by atoms with Crippen LogP contribution in [0.1, 0.15) is 32.3 Å². The number of hydrogen-bond acceptors (Lipinski definition) is 6. The number of thiophene rings is 1. The fourth-order valence-electron chi connectivity index (χ4n) is 2.88. The van der Waals surface area contributed by atoms with Gasteiger partial charge in [-0.1, -0.05) is 17.4 Å². The van der Waals surface area contributed by atoms with Crippen molar-refractivity contribution < 1.29 is 14.3 Å². The van der Waals surface area contributed by atoms with E-state index in [9.17, 15) is 14.4 Å². The van der Waals surface area contributed by atoms with Crippen molar-refractivity contribution in [2.45, 2.75) is 33.9 Å². The summed E-state index contributed by atoms with van der Waals surface area (Å²) in [5.41, 5.74) is 3.09. The van der Waals surface area contributed by atoms with Gasteiger partial charge >= 0.3 is 10.8 Å². The third-order valence-corrected chi connectivity index (χ3v) is 6.14. The van der Waals surface area contributed by atoms with E-state index in [1.807, 2.05) is 31.4 Å². The van der Waals surface area contributed by atoms with E-state index in [1.165, 1.54) is 9.44 Å². The van der Waals surface area contributed by atoms with Crippen LogP contribution >= 0.6 is 22.7 Å². The van der Waals surface area contributed by atoms with Gasteiger partial charge in [-0.25, -0.2) is 0 Å². The molecule has 0 N–H and O–H groups in total. The zero-order valence-electron chi connectivity index (χ0n) is 15.4. The minimum atomic E-state index is -0.598. The third-order valence-electron chi connectivity index (χ3n) is 4.40. The van der Waals surface area contributed by atoms with Crippen LogP contribution in [0, 0.1) is 20.8 Å². The Hall–Kier alpha value is -2.45. The Morgan fingerprint density at radius 3 is 2.52 bits per heavy atom. The quantitative estimate of drug-likeness (QED) is 0.448. The van der Waals surface area contributed by atoms with Crippen LogP contribution in [0.5, 0.6) is 0 Å². The van der Waals surface area contributed by atoms with E-state index in [4.69, 9.17) is 4.74 Å². The number of nitrogens with zero attached hydrogens (tertiary/aromatic N) is 2. The number of esters is 1. The summed E-state index contributed by atoms with van der Waals surface area (Å²) in [5.74, 6) is -0.845. The highest BCUT2D eigenvalue weighted by Crippen LogP contribution is 2.19. The molecule has 0 aliphatic heterocycles. The number of Topliss-reactive ketones (excluding diaryl/α,β-unsaturated/α-hetero) is 1. The Morgan fingerprint density at radius 2 is 1.89 bits per heavy atom. The molecule has 8 heteroatoms. The molecule has 0 amide bonds. The van der Waals surface area contributed by atoms with Crippen molar-refractivity contribution in [2.75, 3.05) is 6.61 Å². The minimum Gasteiger partial charge on any atom is -0.456 e. The van der Waals surface area contributed by atoms with Gasteiger partial charge in [-0.3, -0.25) is 19.0 Å². The molecule has 0 bridgehead atoms. The largest absolute Gasteiger partial charge is 0.456 e. The van der Waals surface area contributed by atoms with Crippen molar-refractivity contribution in [1.82, 2.24) is 9.13 Å². The van der Waals surface area contributed by atoms with Crippen molar-refractivity contribution in [3.8, 4) is 0 Å². The van der Waals surface area contributed by atoms with Gasteiger partial charge in [0.25, 0.3) is 0 Å². The molecule has 3 aromatic rings. The predicted molar refractivity (Wildman–Crippen MR) is 106 cm³/mol. The lowest BCUT2D eigenvalue weighted by atomic mass is 10.1. The molecule has 3 heterocycles. The molecule has 0 saturated carbocycles. The van der Waals surface area contributed by atoms with Crippen molar-refractivity contribution in [2.24, 2.45) is 0 Å². The first-order valence-corrected chi connectivity index (χ1v) is 10.2. The van der Waals surface area contributed by atoms with Gasteiger partial charge in [0.15, 0.2) is 6.61 Å². The number of thiazole rings is 1. The lowest BCUT2D eigenvalue weighted by Gasteiger charge is -2.09. The number of ether oxygens (including phenoxy) is 1. The van der Waals surface area contributed by atoms with Crippen LogP contribution in [-0.4, -0.2) is 27.5 Å². The van der Waals surface area contributed by atoms with Gasteiger partial charge in [-0.15, -0.1) is 11.3 Å². The summed E-state index contributed by atoms with van der Waals surface area (Å²) in [5, 5.41) is 3.71. The molecule has 0 aliphatic rings. The van der Waals surface area contributed by atoms with Gasteiger partial charge in [0.2, 0.25) is 5.78 Å². The predicted octanol–water partition coefficient (Wildman–Crippen LogP) is 3.17. The molecule has 0 atom stereocenters. The number of aryl methyl sites for hydroxylation is 2. The summed E-state index contributed by atoms with van der Waals surface area (Å²) in [6.45, 7) is 5.79. The maximum atomic E-state index is 12.5. The third kappa shape index (κ3) is 4.28. The molecule has 0 aromatic carbocycles. The number of carbonyl (C=O) groups excluding carboxylic acids is 2. The Kier molecular flexibility index (Phi) is 5.76. The van der Waals surface area contributed by atoms with Crippen LogP contribution in [0.2, 0.25) is 0 Å².